The fourth-order valence-corrected chi connectivity index (χ4v) is 2.48. The lowest BCUT2D eigenvalue weighted by molar-refractivity contribution is 0.0524. The summed E-state index contributed by atoms with van der Waals surface area (Å²) in [6, 6.07) is 0.229. The second kappa shape index (κ2) is 6.65. The molecular weight excluding hydrogens is 258 g/mol. The normalized spacial score (nSPS) is 21.8. The van der Waals surface area contributed by atoms with Crippen molar-refractivity contribution in [2.75, 3.05) is 19.0 Å². The van der Waals surface area contributed by atoms with Crippen molar-refractivity contribution >= 4 is 11.9 Å². The average molecular weight is 279 g/mol. The number of nitrogens with zero attached hydrogens (tertiary/aromatic N) is 2. The van der Waals surface area contributed by atoms with Gasteiger partial charge in [-0.05, 0) is 33.1 Å². The number of carbonyl (C=O) groups is 1. The van der Waals surface area contributed by atoms with Crippen molar-refractivity contribution < 1.29 is 14.3 Å². The minimum Gasteiger partial charge on any atom is -0.462 e. The van der Waals surface area contributed by atoms with E-state index in [1.807, 2.05) is 0 Å². The van der Waals surface area contributed by atoms with Crippen LogP contribution < -0.4 is 5.32 Å². The highest BCUT2D eigenvalue weighted by atomic mass is 16.5. The second-order valence-corrected chi connectivity index (χ2v) is 4.87. The SMILES string of the molecule is CCOC(=O)c1cnc(NC2CCCC2OC)nc1C. The maximum Gasteiger partial charge on any atom is 0.341 e. The zero-order valence-electron chi connectivity index (χ0n) is 12.2. The Labute approximate surface area is 118 Å². The Morgan fingerprint density at radius 3 is 2.95 bits per heavy atom. The molecule has 110 valence electrons. The molecule has 1 heterocycles. The summed E-state index contributed by atoms with van der Waals surface area (Å²) < 4.78 is 10.4. The highest BCUT2D eigenvalue weighted by Gasteiger charge is 2.27. The number of aryl methyl sites for hydroxylation is 1. The predicted molar refractivity (Wildman–Crippen MR) is 74.8 cm³/mol. The van der Waals surface area contributed by atoms with E-state index in [0.717, 1.165) is 19.3 Å². The van der Waals surface area contributed by atoms with Crippen LogP contribution in [0.4, 0.5) is 5.95 Å². The van der Waals surface area contributed by atoms with Crippen molar-refractivity contribution in [2.24, 2.45) is 0 Å². The molecule has 0 spiro atoms. The number of hydrogen-bond acceptors (Lipinski definition) is 6. The smallest absolute Gasteiger partial charge is 0.341 e. The molecular formula is C14H21N3O3. The summed E-state index contributed by atoms with van der Waals surface area (Å²) in [5, 5.41) is 3.28. The molecule has 0 aromatic carbocycles. The number of methoxy groups -OCH3 is 1. The Morgan fingerprint density at radius 2 is 2.30 bits per heavy atom. The molecule has 1 saturated carbocycles. The third-order valence-electron chi connectivity index (χ3n) is 3.54. The van der Waals surface area contributed by atoms with Gasteiger partial charge in [0.25, 0.3) is 0 Å². The molecule has 0 bridgehead atoms. The third kappa shape index (κ3) is 3.25. The van der Waals surface area contributed by atoms with Crippen molar-refractivity contribution in [3.8, 4) is 0 Å². The summed E-state index contributed by atoms with van der Waals surface area (Å²) in [6.45, 7) is 3.90. The van der Waals surface area contributed by atoms with Gasteiger partial charge in [0.15, 0.2) is 0 Å². The molecule has 20 heavy (non-hydrogen) atoms. The lowest BCUT2D eigenvalue weighted by Crippen LogP contribution is -2.30. The number of rotatable bonds is 5. The number of carbonyl (C=O) groups excluding carboxylic acids is 1. The largest absolute Gasteiger partial charge is 0.462 e. The lowest BCUT2D eigenvalue weighted by Gasteiger charge is -2.19. The van der Waals surface area contributed by atoms with Gasteiger partial charge in [-0.1, -0.05) is 0 Å². The van der Waals surface area contributed by atoms with E-state index in [1.54, 1.807) is 21.0 Å². The first-order valence-corrected chi connectivity index (χ1v) is 6.95. The summed E-state index contributed by atoms with van der Waals surface area (Å²) in [7, 11) is 1.72. The molecule has 1 aromatic rings. The average Bonchev–Trinajstić information content (AvgIpc) is 2.86. The number of esters is 1. The Kier molecular flexibility index (Phi) is 4.89. The summed E-state index contributed by atoms with van der Waals surface area (Å²) in [6.07, 6.45) is 4.94. The van der Waals surface area contributed by atoms with Crippen molar-refractivity contribution in [3.63, 3.8) is 0 Å². The molecule has 0 radical (unpaired) electrons. The van der Waals surface area contributed by atoms with Crippen LogP contribution in [0.15, 0.2) is 6.20 Å². The van der Waals surface area contributed by atoms with Gasteiger partial charge in [-0.15, -0.1) is 0 Å². The van der Waals surface area contributed by atoms with E-state index < -0.39 is 0 Å². The number of ether oxygens (including phenoxy) is 2. The number of anilines is 1. The highest BCUT2D eigenvalue weighted by molar-refractivity contribution is 5.90. The van der Waals surface area contributed by atoms with Gasteiger partial charge in [0.05, 0.1) is 30.0 Å². The number of nitrogens with one attached hydrogen (secondary N) is 1. The molecule has 0 amide bonds. The fraction of sp³-hybridized carbons (Fsp3) is 0.643. The number of hydrogen-bond donors (Lipinski definition) is 1. The molecule has 2 atom stereocenters. The molecule has 1 aliphatic rings. The molecule has 0 aliphatic heterocycles. The lowest BCUT2D eigenvalue weighted by atomic mass is 10.2. The molecule has 1 N–H and O–H groups in total. The first-order chi connectivity index (χ1) is 9.65. The zero-order chi connectivity index (χ0) is 14.5. The summed E-state index contributed by atoms with van der Waals surface area (Å²) in [5.74, 6) is 0.150. The molecule has 2 unspecified atom stereocenters. The monoisotopic (exact) mass is 279 g/mol. The molecule has 6 heteroatoms. The maximum atomic E-state index is 11.7. The van der Waals surface area contributed by atoms with Crippen LogP contribution >= 0.6 is 0 Å². The van der Waals surface area contributed by atoms with Gasteiger partial charge in [-0.2, -0.15) is 0 Å². The Balaban J connectivity index is 2.07. The van der Waals surface area contributed by atoms with Crippen molar-refractivity contribution in [2.45, 2.75) is 45.3 Å². The summed E-state index contributed by atoms with van der Waals surface area (Å²) >= 11 is 0. The van der Waals surface area contributed by atoms with Crippen molar-refractivity contribution in [1.29, 1.82) is 0 Å². The first-order valence-electron chi connectivity index (χ1n) is 6.95. The van der Waals surface area contributed by atoms with Gasteiger partial charge < -0.3 is 14.8 Å². The van der Waals surface area contributed by atoms with E-state index in [9.17, 15) is 4.79 Å². The predicted octanol–water partition coefficient (Wildman–Crippen LogP) is 1.94. The molecule has 6 nitrogen and oxygen atoms in total. The standard InChI is InChI=1S/C14H21N3O3/c1-4-20-13(18)10-8-15-14(16-9(10)2)17-11-6-5-7-12(11)19-3/h8,11-12H,4-7H2,1-3H3,(H,15,16,17). The van der Waals surface area contributed by atoms with E-state index >= 15 is 0 Å². The quantitative estimate of drug-likeness (QED) is 0.830. The Bertz CT molecular complexity index is 479. The molecule has 0 saturated heterocycles. The van der Waals surface area contributed by atoms with Crippen LogP contribution in [-0.2, 0) is 9.47 Å². The van der Waals surface area contributed by atoms with Crippen LogP contribution in [0.1, 0.15) is 42.2 Å². The third-order valence-corrected chi connectivity index (χ3v) is 3.54. The van der Waals surface area contributed by atoms with E-state index in [4.69, 9.17) is 9.47 Å². The van der Waals surface area contributed by atoms with E-state index in [0.29, 0.717) is 23.8 Å². The minimum absolute atomic E-state index is 0.198. The Hall–Kier alpha value is -1.69. The minimum atomic E-state index is -0.382. The van der Waals surface area contributed by atoms with E-state index in [1.165, 1.54) is 6.20 Å². The Morgan fingerprint density at radius 1 is 1.50 bits per heavy atom. The van der Waals surface area contributed by atoms with Crippen LogP contribution in [0.5, 0.6) is 0 Å². The second-order valence-electron chi connectivity index (χ2n) is 4.87. The van der Waals surface area contributed by atoms with E-state index in [-0.39, 0.29) is 18.1 Å². The fourth-order valence-electron chi connectivity index (χ4n) is 2.48. The first kappa shape index (κ1) is 14.7. The topological polar surface area (TPSA) is 73.3 Å². The van der Waals surface area contributed by atoms with Crippen LogP contribution in [-0.4, -0.2) is 41.8 Å². The summed E-state index contributed by atoms with van der Waals surface area (Å²) in [4.78, 5) is 20.2. The van der Waals surface area contributed by atoms with Gasteiger partial charge in [-0.25, -0.2) is 14.8 Å². The number of aromatic nitrogens is 2. The highest BCUT2D eigenvalue weighted by Crippen LogP contribution is 2.24. The van der Waals surface area contributed by atoms with Crippen LogP contribution in [0.3, 0.4) is 0 Å². The zero-order valence-corrected chi connectivity index (χ0v) is 12.2. The van der Waals surface area contributed by atoms with Gasteiger partial charge in [0, 0.05) is 13.3 Å². The van der Waals surface area contributed by atoms with Crippen LogP contribution in [0, 0.1) is 6.92 Å². The maximum absolute atomic E-state index is 11.7. The molecule has 1 aromatic heterocycles. The van der Waals surface area contributed by atoms with E-state index in [2.05, 4.69) is 15.3 Å². The van der Waals surface area contributed by atoms with Gasteiger partial charge >= 0.3 is 5.97 Å². The molecule has 2 rings (SSSR count). The summed E-state index contributed by atoms with van der Waals surface area (Å²) in [5.41, 5.74) is 1.03. The van der Waals surface area contributed by atoms with Gasteiger partial charge in [0.1, 0.15) is 0 Å². The van der Waals surface area contributed by atoms with Gasteiger partial charge in [0.2, 0.25) is 5.95 Å². The van der Waals surface area contributed by atoms with Gasteiger partial charge in [-0.3, -0.25) is 0 Å². The van der Waals surface area contributed by atoms with Crippen LogP contribution in [0.25, 0.3) is 0 Å². The van der Waals surface area contributed by atoms with Crippen molar-refractivity contribution in [3.05, 3.63) is 17.5 Å². The van der Waals surface area contributed by atoms with Crippen LogP contribution in [0.2, 0.25) is 0 Å². The molecule has 1 fully saturated rings. The van der Waals surface area contributed by atoms with Crippen molar-refractivity contribution in [1.82, 2.24) is 9.97 Å². The molecule has 1 aliphatic carbocycles.